The fourth-order valence-electron chi connectivity index (χ4n) is 3.16. The number of hydrogen-bond acceptors (Lipinski definition) is 4. The minimum absolute atomic E-state index is 0.154. The number of ether oxygens (including phenoxy) is 1. The predicted molar refractivity (Wildman–Crippen MR) is 106 cm³/mol. The molecular weight excluding hydrogens is 348 g/mol. The number of rotatable bonds is 5. The Bertz CT molecular complexity index is 949. The van der Waals surface area contributed by atoms with Gasteiger partial charge in [-0.3, -0.25) is 4.98 Å². The standard InChI is InChI=1S/C20H25ClN4O/c1-11(2)16-8-7-15(14(5)22-16)18-19(21)24-20-17(23-18)12(3)9-25(20)13(4)10-26-6/h7-9,11,13H,10H2,1-6H3. The van der Waals surface area contributed by atoms with Crippen molar-refractivity contribution in [1.29, 1.82) is 0 Å². The van der Waals surface area contributed by atoms with E-state index in [1.165, 1.54) is 0 Å². The van der Waals surface area contributed by atoms with E-state index in [1.807, 2.05) is 26.0 Å². The van der Waals surface area contributed by atoms with Gasteiger partial charge in [0.2, 0.25) is 0 Å². The second-order valence-electron chi connectivity index (χ2n) is 7.08. The minimum Gasteiger partial charge on any atom is -0.383 e. The van der Waals surface area contributed by atoms with Gasteiger partial charge in [0.25, 0.3) is 0 Å². The van der Waals surface area contributed by atoms with E-state index >= 15 is 0 Å². The fraction of sp³-hybridized carbons (Fsp3) is 0.450. The van der Waals surface area contributed by atoms with Crippen molar-refractivity contribution in [3.8, 4) is 11.3 Å². The van der Waals surface area contributed by atoms with Crippen LogP contribution in [0.25, 0.3) is 22.4 Å². The number of pyridine rings is 1. The molecule has 3 aromatic rings. The van der Waals surface area contributed by atoms with Crippen molar-refractivity contribution in [3.05, 3.63) is 40.4 Å². The normalized spacial score (nSPS) is 12.9. The van der Waals surface area contributed by atoms with Gasteiger partial charge in [-0.1, -0.05) is 25.4 Å². The van der Waals surface area contributed by atoms with E-state index in [0.29, 0.717) is 23.4 Å². The number of aryl methyl sites for hydroxylation is 2. The van der Waals surface area contributed by atoms with Crippen molar-refractivity contribution in [1.82, 2.24) is 19.5 Å². The number of nitrogens with zero attached hydrogens (tertiary/aromatic N) is 4. The summed E-state index contributed by atoms with van der Waals surface area (Å²) in [6, 6.07) is 4.23. The Kier molecular flexibility index (Phi) is 5.30. The molecule has 3 aromatic heterocycles. The van der Waals surface area contributed by atoms with Crippen LogP contribution in [0.5, 0.6) is 0 Å². The lowest BCUT2D eigenvalue weighted by molar-refractivity contribution is 0.163. The van der Waals surface area contributed by atoms with Crippen LogP contribution in [0.2, 0.25) is 5.15 Å². The number of hydrogen-bond donors (Lipinski definition) is 0. The monoisotopic (exact) mass is 372 g/mol. The topological polar surface area (TPSA) is 52.8 Å². The summed E-state index contributed by atoms with van der Waals surface area (Å²) in [7, 11) is 1.70. The van der Waals surface area contributed by atoms with Crippen LogP contribution in [0.3, 0.4) is 0 Å². The molecule has 26 heavy (non-hydrogen) atoms. The molecule has 0 aliphatic carbocycles. The summed E-state index contributed by atoms with van der Waals surface area (Å²) in [6.07, 6.45) is 2.06. The third kappa shape index (κ3) is 3.33. The van der Waals surface area contributed by atoms with Gasteiger partial charge in [0.05, 0.1) is 12.6 Å². The molecular formula is C20H25ClN4O. The Balaban J connectivity index is 2.14. The molecule has 1 unspecified atom stereocenters. The first kappa shape index (κ1) is 18.8. The molecule has 1 atom stereocenters. The molecule has 0 aliphatic rings. The highest BCUT2D eigenvalue weighted by Crippen LogP contribution is 2.32. The van der Waals surface area contributed by atoms with Gasteiger partial charge in [-0.15, -0.1) is 0 Å². The lowest BCUT2D eigenvalue weighted by atomic mass is 10.1. The molecule has 0 saturated heterocycles. The number of halogens is 1. The van der Waals surface area contributed by atoms with E-state index in [9.17, 15) is 0 Å². The van der Waals surface area contributed by atoms with E-state index in [-0.39, 0.29) is 6.04 Å². The molecule has 0 spiro atoms. The third-order valence-electron chi connectivity index (χ3n) is 4.62. The maximum absolute atomic E-state index is 6.53. The van der Waals surface area contributed by atoms with Crippen LogP contribution in [0, 0.1) is 13.8 Å². The van der Waals surface area contributed by atoms with E-state index < -0.39 is 0 Å². The maximum Gasteiger partial charge on any atom is 0.161 e. The Morgan fingerprint density at radius 2 is 1.85 bits per heavy atom. The molecule has 3 heterocycles. The molecule has 0 bridgehead atoms. The van der Waals surface area contributed by atoms with Crippen LogP contribution in [0.4, 0.5) is 0 Å². The average Bonchev–Trinajstić information content (AvgIpc) is 2.90. The Morgan fingerprint density at radius 1 is 1.12 bits per heavy atom. The lowest BCUT2D eigenvalue weighted by Crippen LogP contribution is -2.10. The molecule has 0 radical (unpaired) electrons. The molecule has 0 N–H and O–H groups in total. The molecule has 138 valence electrons. The lowest BCUT2D eigenvalue weighted by Gasteiger charge is -2.14. The van der Waals surface area contributed by atoms with Gasteiger partial charge in [-0.2, -0.15) is 0 Å². The highest BCUT2D eigenvalue weighted by Gasteiger charge is 2.19. The average molecular weight is 373 g/mol. The summed E-state index contributed by atoms with van der Waals surface area (Å²) >= 11 is 6.53. The van der Waals surface area contributed by atoms with Crippen molar-refractivity contribution in [2.24, 2.45) is 0 Å². The quantitative estimate of drug-likeness (QED) is 0.625. The van der Waals surface area contributed by atoms with E-state index in [0.717, 1.165) is 33.7 Å². The Labute approximate surface area is 159 Å². The second-order valence-corrected chi connectivity index (χ2v) is 7.44. The van der Waals surface area contributed by atoms with Crippen LogP contribution < -0.4 is 0 Å². The van der Waals surface area contributed by atoms with Gasteiger partial charge in [0.15, 0.2) is 10.8 Å². The zero-order valence-electron chi connectivity index (χ0n) is 16.2. The molecule has 6 heteroatoms. The summed E-state index contributed by atoms with van der Waals surface area (Å²) in [6.45, 7) is 11.0. The molecule has 0 aliphatic heterocycles. The Morgan fingerprint density at radius 3 is 2.46 bits per heavy atom. The molecule has 5 nitrogen and oxygen atoms in total. The van der Waals surface area contributed by atoms with Crippen molar-refractivity contribution in [3.63, 3.8) is 0 Å². The number of aromatic nitrogens is 4. The van der Waals surface area contributed by atoms with Gasteiger partial charge in [-0.25, -0.2) is 9.97 Å². The number of fused-ring (bicyclic) bond motifs is 1. The first-order valence-electron chi connectivity index (χ1n) is 8.85. The SMILES string of the molecule is COCC(C)n1cc(C)c2nc(-c3ccc(C(C)C)nc3C)c(Cl)nc21. The van der Waals surface area contributed by atoms with Gasteiger partial charge in [0.1, 0.15) is 11.2 Å². The smallest absolute Gasteiger partial charge is 0.161 e. The highest BCUT2D eigenvalue weighted by atomic mass is 35.5. The molecule has 0 amide bonds. The summed E-state index contributed by atoms with van der Waals surface area (Å²) in [5, 5.41) is 0.392. The zero-order valence-corrected chi connectivity index (χ0v) is 16.9. The van der Waals surface area contributed by atoms with Gasteiger partial charge in [0, 0.05) is 30.3 Å². The summed E-state index contributed by atoms with van der Waals surface area (Å²) in [4.78, 5) is 14.2. The van der Waals surface area contributed by atoms with Gasteiger partial charge >= 0.3 is 0 Å². The Hall–Kier alpha value is -1.98. The first-order chi connectivity index (χ1) is 12.3. The molecule has 0 fully saturated rings. The van der Waals surface area contributed by atoms with Gasteiger partial charge in [-0.05, 0) is 44.4 Å². The largest absolute Gasteiger partial charge is 0.383 e. The van der Waals surface area contributed by atoms with Crippen LogP contribution in [0.15, 0.2) is 18.3 Å². The highest BCUT2D eigenvalue weighted by molar-refractivity contribution is 6.32. The van der Waals surface area contributed by atoms with Crippen molar-refractivity contribution in [2.45, 2.75) is 46.6 Å². The van der Waals surface area contributed by atoms with Crippen LogP contribution in [-0.2, 0) is 4.74 Å². The van der Waals surface area contributed by atoms with E-state index in [2.05, 4.69) is 36.5 Å². The minimum atomic E-state index is 0.154. The third-order valence-corrected chi connectivity index (χ3v) is 4.89. The summed E-state index contributed by atoms with van der Waals surface area (Å²) in [5.74, 6) is 0.380. The van der Waals surface area contributed by atoms with Crippen LogP contribution in [-0.4, -0.2) is 33.2 Å². The van der Waals surface area contributed by atoms with Crippen molar-refractivity contribution >= 4 is 22.8 Å². The maximum atomic E-state index is 6.53. The fourth-order valence-corrected chi connectivity index (χ4v) is 3.39. The first-order valence-corrected chi connectivity index (χ1v) is 9.22. The van der Waals surface area contributed by atoms with E-state index in [4.69, 9.17) is 26.3 Å². The summed E-state index contributed by atoms with van der Waals surface area (Å²) < 4.78 is 7.35. The predicted octanol–water partition coefficient (Wildman–Crippen LogP) is 5.09. The molecule has 0 aromatic carbocycles. The second kappa shape index (κ2) is 7.33. The van der Waals surface area contributed by atoms with Crippen LogP contribution in [0.1, 0.15) is 49.7 Å². The van der Waals surface area contributed by atoms with Crippen molar-refractivity contribution in [2.75, 3.05) is 13.7 Å². The molecule has 0 saturated carbocycles. The summed E-state index contributed by atoms with van der Waals surface area (Å²) in [5.41, 5.74) is 6.29. The number of methoxy groups -OCH3 is 1. The van der Waals surface area contributed by atoms with E-state index in [1.54, 1.807) is 7.11 Å². The van der Waals surface area contributed by atoms with Gasteiger partial charge < -0.3 is 9.30 Å². The van der Waals surface area contributed by atoms with Crippen molar-refractivity contribution < 1.29 is 4.74 Å². The molecule has 3 rings (SSSR count). The van der Waals surface area contributed by atoms with Crippen LogP contribution >= 0.6 is 11.6 Å². The zero-order chi connectivity index (χ0) is 19.0.